The van der Waals surface area contributed by atoms with E-state index in [0.29, 0.717) is 12.0 Å². The molecule has 20 heavy (non-hydrogen) atoms. The quantitative estimate of drug-likeness (QED) is 0.887. The maximum Gasteiger partial charge on any atom is 0.0626 e. The highest BCUT2D eigenvalue weighted by atomic mass is 16.5. The van der Waals surface area contributed by atoms with Crippen molar-refractivity contribution in [1.29, 1.82) is 0 Å². The van der Waals surface area contributed by atoms with E-state index in [4.69, 9.17) is 4.74 Å². The Hall–Kier alpha value is -0.910. The molecule has 1 aromatic rings. The van der Waals surface area contributed by atoms with Crippen LogP contribution in [-0.2, 0) is 18.2 Å². The average Bonchev–Trinajstić information content (AvgIpc) is 3.06. The molecule has 2 aliphatic rings. The SMILES string of the molecule is Cn1nccc1CCN1CCOCC1C1CCCC1O. The van der Waals surface area contributed by atoms with Gasteiger partial charge in [0.25, 0.3) is 0 Å². The predicted octanol–water partition coefficient (Wildman–Crippen LogP) is 0.824. The van der Waals surface area contributed by atoms with Crippen LogP contribution in [0.5, 0.6) is 0 Å². The number of aryl methyl sites for hydroxylation is 1. The minimum absolute atomic E-state index is 0.138. The molecule has 0 aromatic carbocycles. The number of hydrogen-bond donors (Lipinski definition) is 1. The first kappa shape index (κ1) is 14.0. The van der Waals surface area contributed by atoms with Gasteiger partial charge in [0.05, 0.1) is 19.3 Å². The molecule has 3 atom stereocenters. The van der Waals surface area contributed by atoms with Gasteiger partial charge in [-0.15, -0.1) is 0 Å². The lowest BCUT2D eigenvalue weighted by Crippen LogP contribution is -2.51. The van der Waals surface area contributed by atoms with Crippen LogP contribution in [0.1, 0.15) is 25.0 Å². The Morgan fingerprint density at radius 1 is 1.45 bits per heavy atom. The van der Waals surface area contributed by atoms with Gasteiger partial charge in [0.2, 0.25) is 0 Å². The largest absolute Gasteiger partial charge is 0.393 e. The summed E-state index contributed by atoms with van der Waals surface area (Å²) in [6, 6.07) is 2.47. The molecule has 2 heterocycles. The highest BCUT2D eigenvalue weighted by molar-refractivity contribution is 5.01. The fourth-order valence-electron chi connectivity index (χ4n) is 3.65. The molecule has 0 spiro atoms. The van der Waals surface area contributed by atoms with Crippen molar-refractivity contribution in [3.8, 4) is 0 Å². The Kier molecular flexibility index (Phi) is 4.38. The maximum absolute atomic E-state index is 10.2. The summed E-state index contributed by atoms with van der Waals surface area (Å²) in [5, 5.41) is 14.4. The van der Waals surface area contributed by atoms with Crippen molar-refractivity contribution in [1.82, 2.24) is 14.7 Å². The van der Waals surface area contributed by atoms with E-state index < -0.39 is 0 Å². The summed E-state index contributed by atoms with van der Waals surface area (Å²) in [5.41, 5.74) is 1.27. The topological polar surface area (TPSA) is 50.5 Å². The molecule has 0 radical (unpaired) electrons. The summed E-state index contributed by atoms with van der Waals surface area (Å²) in [4.78, 5) is 2.51. The minimum Gasteiger partial charge on any atom is -0.393 e. The van der Waals surface area contributed by atoms with Gasteiger partial charge in [0.15, 0.2) is 0 Å². The van der Waals surface area contributed by atoms with Crippen LogP contribution in [0.2, 0.25) is 0 Å². The third-order valence-electron chi connectivity index (χ3n) is 4.88. The molecule has 1 aromatic heterocycles. The lowest BCUT2D eigenvalue weighted by molar-refractivity contribution is -0.0495. The first-order valence-corrected chi connectivity index (χ1v) is 7.72. The fourth-order valence-corrected chi connectivity index (χ4v) is 3.65. The normalized spacial score (nSPS) is 31.8. The average molecular weight is 279 g/mol. The van der Waals surface area contributed by atoms with Gasteiger partial charge in [-0.2, -0.15) is 5.10 Å². The fraction of sp³-hybridized carbons (Fsp3) is 0.800. The zero-order valence-electron chi connectivity index (χ0n) is 12.2. The zero-order valence-corrected chi connectivity index (χ0v) is 12.2. The molecular weight excluding hydrogens is 254 g/mol. The van der Waals surface area contributed by atoms with E-state index in [9.17, 15) is 5.11 Å². The first-order chi connectivity index (χ1) is 9.75. The molecule has 3 unspecified atom stereocenters. The minimum atomic E-state index is -0.138. The number of nitrogens with zero attached hydrogens (tertiary/aromatic N) is 3. The van der Waals surface area contributed by atoms with Crippen molar-refractivity contribution in [2.75, 3.05) is 26.3 Å². The van der Waals surface area contributed by atoms with Gasteiger partial charge in [-0.1, -0.05) is 6.42 Å². The smallest absolute Gasteiger partial charge is 0.0626 e. The van der Waals surface area contributed by atoms with Crippen LogP contribution in [0, 0.1) is 5.92 Å². The summed E-state index contributed by atoms with van der Waals surface area (Å²) in [6.07, 6.45) is 5.97. The summed E-state index contributed by atoms with van der Waals surface area (Å²) in [7, 11) is 1.99. The van der Waals surface area contributed by atoms with Crippen molar-refractivity contribution in [3.63, 3.8) is 0 Å². The molecule has 1 saturated heterocycles. The van der Waals surface area contributed by atoms with Gasteiger partial charge in [-0.3, -0.25) is 9.58 Å². The Labute approximate surface area is 120 Å². The third-order valence-corrected chi connectivity index (χ3v) is 4.88. The standard InChI is InChI=1S/C15H25N3O2/c1-17-12(5-7-16-17)6-8-18-9-10-20-11-14(18)13-3-2-4-15(13)19/h5,7,13-15,19H,2-4,6,8-11H2,1H3. The van der Waals surface area contributed by atoms with Crippen LogP contribution in [0.4, 0.5) is 0 Å². The molecule has 112 valence electrons. The summed E-state index contributed by atoms with van der Waals surface area (Å²) < 4.78 is 7.61. The van der Waals surface area contributed by atoms with Crippen LogP contribution in [0.25, 0.3) is 0 Å². The predicted molar refractivity (Wildman–Crippen MR) is 76.4 cm³/mol. The summed E-state index contributed by atoms with van der Waals surface area (Å²) in [5.74, 6) is 0.391. The summed E-state index contributed by atoms with van der Waals surface area (Å²) >= 11 is 0. The molecule has 2 fully saturated rings. The molecule has 1 aliphatic heterocycles. The van der Waals surface area contributed by atoms with Crippen molar-refractivity contribution in [2.24, 2.45) is 13.0 Å². The molecule has 0 bridgehead atoms. The van der Waals surface area contributed by atoms with Gasteiger partial charge in [0, 0.05) is 50.4 Å². The van der Waals surface area contributed by atoms with Gasteiger partial charge in [0.1, 0.15) is 0 Å². The van der Waals surface area contributed by atoms with Crippen LogP contribution in [0.3, 0.4) is 0 Å². The molecule has 3 rings (SSSR count). The van der Waals surface area contributed by atoms with Crippen molar-refractivity contribution >= 4 is 0 Å². The highest BCUT2D eigenvalue weighted by Crippen LogP contribution is 2.32. The second kappa shape index (κ2) is 6.24. The molecule has 1 saturated carbocycles. The molecule has 5 nitrogen and oxygen atoms in total. The molecule has 1 N–H and O–H groups in total. The Balaban J connectivity index is 1.62. The Morgan fingerprint density at radius 3 is 3.05 bits per heavy atom. The van der Waals surface area contributed by atoms with E-state index >= 15 is 0 Å². The van der Waals surface area contributed by atoms with Gasteiger partial charge in [-0.05, 0) is 18.9 Å². The molecule has 1 aliphatic carbocycles. The van der Waals surface area contributed by atoms with Crippen LogP contribution in [0.15, 0.2) is 12.3 Å². The van der Waals surface area contributed by atoms with E-state index in [1.54, 1.807) is 0 Å². The number of hydrogen-bond acceptors (Lipinski definition) is 4. The van der Waals surface area contributed by atoms with Crippen molar-refractivity contribution in [2.45, 2.75) is 37.8 Å². The van der Waals surface area contributed by atoms with Crippen LogP contribution < -0.4 is 0 Å². The lowest BCUT2D eigenvalue weighted by atomic mass is 9.94. The van der Waals surface area contributed by atoms with Crippen molar-refractivity contribution in [3.05, 3.63) is 18.0 Å². The van der Waals surface area contributed by atoms with Gasteiger partial charge >= 0.3 is 0 Å². The number of aliphatic hydroxyl groups is 1. The first-order valence-electron chi connectivity index (χ1n) is 7.72. The van der Waals surface area contributed by atoms with Gasteiger partial charge in [-0.25, -0.2) is 0 Å². The van der Waals surface area contributed by atoms with E-state index in [1.165, 1.54) is 5.69 Å². The second-order valence-electron chi connectivity index (χ2n) is 6.04. The number of aliphatic hydroxyl groups excluding tert-OH is 1. The molecule has 5 heteroatoms. The van der Waals surface area contributed by atoms with Crippen molar-refractivity contribution < 1.29 is 9.84 Å². The molecular formula is C15H25N3O2. The zero-order chi connectivity index (χ0) is 13.9. The second-order valence-corrected chi connectivity index (χ2v) is 6.04. The van der Waals surface area contributed by atoms with E-state index in [-0.39, 0.29) is 6.10 Å². The van der Waals surface area contributed by atoms with E-state index in [0.717, 1.165) is 52.0 Å². The van der Waals surface area contributed by atoms with Gasteiger partial charge < -0.3 is 9.84 Å². The number of ether oxygens (including phenoxy) is 1. The number of aromatic nitrogens is 2. The van der Waals surface area contributed by atoms with Crippen LogP contribution in [-0.4, -0.2) is 58.2 Å². The highest BCUT2D eigenvalue weighted by Gasteiger charge is 2.37. The Morgan fingerprint density at radius 2 is 2.35 bits per heavy atom. The summed E-state index contributed by atoms with van der Waals surface area (Å²) in [6.45, 7) is 3.58. The number of morpholine rings is 1. The molecule has 0 amide bonds. The maximum atomic E-state index is 10.2. The monoisotopic (exact) mass is 279 g/mol. The Bertz CT molecular complexity index is 435. The van der Waals surface area contributed by atoms with E-state index in [2.05, 4.69) is 16.1 Å². The third kappa shape index (κ3) is 2.90. The van der Waals surface area contributed by atoms with Crippen LogP contribution >= 0.6 is 0 Å². The van der Waals surface area contributed by atoms with E-state index in [1.807, 2.05) is 17.9 Å². The lowest BCUT2D eigenvalue weighted by Gasteiger charge is -2.40. The number of rotatable bonds is 4.